The first-order valence-electron chi connectivity index (χ1n) is 16.2. The van der Waals surface area contributed by atoms with Gasteiger partial charge in [0.05, 0.1) is 24.7 Å². The number of carbonyl (C=O) groups excluding carboxylic acids is 3. The van der Waals surface area contributed by atoms with Gasteiger partial charge in [0.2, 0.25) is 0 Å². The zero-order valence-corrected chi connectivity index (χ0v) is 34.1. The third-order valence-corrected chi connectivity index (χ3v) is 11.4. The molecule has 3 aliphatic rings. The molecule has 0 atom stereocenters. The van der Waals surface area contributed by atoms with Crippen molar-refractivity contribution < 1.29 is 53.9 Å². The first-order valence-corrected chi connectivity index (χ1v) is 20.4. The number of piperazine rings is 1. The number of nitrogens with zero attached hydrogens (tertiary/aromatic N) is 4. The van der Waals surface area contributed by atoms with Crippen LogP contribution in [-0.2, 0) is 14.6 Å². The predicted molar refractivity (Wildman–Crippen MR) is 197 cm³/mol. The topological polar surface area (TPSA) is 108 Å². The lowest BCUT2D eigenvalue weighted by molar-refractivity contribution is 0.0296. The van der Waals surface area contributed by atoms with Crippen LogP contribution in [0.1, 0.15) is 31.1 Å². The molecule has 3 saturated heterocycles. The number of benzene rings is 3. The van der Waals surface area contributed by atoms with Crippen LogP contribution < -0.4 is 0 Å². The summed E-state index contributed by atoms with van der Waals surface area (Å²) in [6.07, 6.45) is 0. The first kappa shape index (κ1) is 43.7. The molecule has 0 radical (unpaired) electrons. The highest BCUT2D eigenvalue weighted by molar-refractivity contribution is 9.11. The highest BCUT2D eigenvalue weighted by Gasteiger charge is 2.30. The van der Waals surface area contributed by atoms with Gasteiger partial charge in [0.15, 0.2) is 9.84 Å². The van der Waals surface area contributed by atoms with Gasteiger partial charge in [0, 0.05) is 65.8 Å². The Morgan fingerprint density at radius 2 is 0.796 bits per heavy atom. The molecule has 20 heteroatoms. The molecule has 3 aromatic rings. The second-order valence-electron chi connectivity index (χ2n) is 12.2. The lowest BCUT2D eigenvalue weighted by atomic mass is 10.1. The SMILES string of the molecule is CN1CCN(C(=O)c2c(F)cc(Br)cc2F)CC1.O=C(c1c(F)cc(Br)cc1F)N1CCOCC1.O=C(c1c(F)cc(Br)cc1F)N1CCS(=O)(=O)CC1. The largest absolute Gasteiger partial charge is 0.378 e. The van der Waals surface area contributed by atoms with E-state index < -0.39 is 79.2 Å². The fraction of sp³-hybridized carbons (Fsp3) is 0.382. The molecule has 0 aromatic heterocycles. The van der Waals surface area contributed by atoms with Crippen LogP contribution in [0.5, 0.6) is 0 Å². The van der Waals surface area contributed by atoms with Crippen LogP contribution in [0.3, 0.4) is 0 Å². The average Bonchev–Trinajstić information content (AvgIpc) is 3.08. The number of hydrogen-bond acceptors (Lipinski definition) is 7. The van der Waals surface area contributed by atoms with E-state index in [2.05, 4.69) is 52.7 Å². The fourth-order valence-corrected chi connectivity index (χ4v) is 7.81. The van der Waals surface area contributed by atoms with E-state index in [-0.39, 0.29) is 38.0 Å². The Morgan fingerprint density at radius 1 is 0.519 bits per heavy atom. The molecule has 10 nitrogen and oxygen atoms in total. The molecule has 294 valence electrons. The van der Waals surface area contributed by atoms with Crippen molar-refractivity contribution in [3.63, 3.8) is 0 Å². The van der Waals surface area contributed by atoms with Gasteiger partial charge in [-0.05, 0) is 43.4 Å². The molecule has 0 bridgehead atoms. The van der Waals surface area contributed by atoms with Crippen LogP contribution in [0.4, 0.5) is 26.3 Å². The highest BCUT2D eigenvalue weighted by atomic mass is 79.9. The normalized spacial score (nSPS) is 17.2. The van der Waals surface area contributed by atoms with E-state index in [4.69, 9.17) is 4.74 Å². The lowest BCUT2D eigenvalue weighted by Gasteiger charge is -2.32. The maximum absolute atomic E-state index is 13.7. The number of carbonyl (C=O) groups is 3. The summed E-state index contributed by atoms with van der Waals surface area (Å²) in [5.74, 6) is -7.69. The predicted octanol–water partition coefficient (Wildman–Crippen LogP) is 5.91. The summed E-state index contributed by atoms with van der Waals surface area (Å²) in [7, 11) is -1.20. The van der Waals surface area contributed by atoms with E-state index in [1.54, 1.807) is 0 Å². The highest BCUT2D eigenvalue weighted by Crippen LogP contribution is 2.24. The fourth-order valence-electron chi connectivity index (χ4n) is 5.41. The van der Waals surface area contributed by atoms with E-state index in [9.17, 15) is 49.1 Å². The minimum absolute atomic E-state index is 0.0455. The number of amides is 3. The van der Waals surface area contributed by atoms with Gasteiger partial charge in [-0.2, -0.15) is 0 Å². The minimum Gasteiger partial charge on any atom is -0.378 e. The summed E-state index contributed by atoms with van der Waals surface area (Å²) in [6, 6.07) is 6.36. The van der Waals surface area contributed by atoms with E-state index in [1.165, 1.54) is 9.80 Å². The van der Waals surface area contributed by atoms with Crippen LogP contribution in [0, 0.1) is 34.9 Å². The summed E-state index contributed by atoms with van der Waals surface area (Å²) in [4.78, 5) is 42.1. The number of halogens is 9. The maximum Gasteiger partial charge on any atom is 0.259 e. The second-order valence-corrected chi connectivity index (χ2v) is 17.2. The molecule has 0 unspecified atom stereocenters. The van der Waals surface area contributed by atoms with Gasteiger partial charge in [0.1, 0.15) is 51.6 Å². The molecule has 3 aliphatic heterocycles. The third-order valence-electron chi connectivity index (χ3n) is 8.38. The summed E-state index contributed by atoms with van der Waals surface area (Å²) in [5.41, 5.74) is -1.62. The zero-order chi connectivity index (χ0) is 39.9. The van der Waals surface area contributed by atoms with Gasteiger partial charge in [0.25, 0.3) is 17.7 Å². The number of hydrogen-bond donors (Lipinski definition) is 0. The van der Waals surface area contributed by atoms with Crippen molar-refractivity contribution in [2.24, 2.45) is 0 Å². The molecular formula is C34H33Br3F6N4O6S. The summed E-state index contributed by atoms with van der Waals surface area (Å²) < 4.78 is 110. The standard InChI is InChI=1S/C12H13BrF2N2O.C11H10BrF2NO3S.C11H10BrF2NO2/c1-16-2-4-17(5-3-16)12(18)11-9(14)6-8(13)7-10(11)15;12-7-5-8(13)10(9(14)6-7)11(16)15-1-3-19(17,18)4-2-15;12-7-5-8(13)10(9(14)6-7)11(16)15-1-3-17-4-2-15/h6-7H,2-5H2,1H3;5-6H,1-4H2;5-6H,1-4H2. The smallest absolute Gasteiger partial charge is 0.259 e. The number of sulfone groups is 1. The Hall–Kier alpha value is -3.04. The van der Waals surface area contributed by atoms with E-state index in [1.807, 2.05) is 7.05 Å². The summed E-state index contributed by atoms with van der Waals surface area (Å²) >= 11 is 8.88. The molecule has 3 heterocycles. The number of ether oxygens (including phenoxy) is 1. The molecule has 6 rings (SSSR count). The van der Waals surface area contributed by atoms with E-state index in [0.29, 0.717) is 52.5 Å². The van der Waals surface area contributed by atoms with Gasteiger partial charge in [-0.1, -0.05) is 47.8 Å². The Morgan fingerprint density at radius 3 is 1.11 bits per heavy atom. The van der Waals surface area contributed by atoms with Gasteiger partial charge < -0.3 is 24.3 Å². The van der Waals surface area contributed by atoms with Crippen LogP contribution in [0.25, 0.3) is 0 Å². The monoisotopic (exact) mass is 976 g/mol. The van der Waals surface area contributed by atoms with Gasteiger partial charge in [-0.3, -0.25) is 14.4 Å². The minimum atomic E-state index is -3.15. The van der Waals surface area contributed by atoms with Crippen molar-refractivity contribution in [2.45, 2.75) is 0 Å². The van der Waals surface area contributed by atoms with Gasteiger partial charge in [-0.15, -0.1) is 0 Å². The third kappa shape index (κ3) is 11.5. The average molecular weight is 979 g/mol. The van der Waals surface area contributed by atoms with Crippen molar-refractivity contribution in [3.05, 3.63) is 101 Å². The van der Waals surface area contributed by atoms with Crippen molar-refractivity contribution in [1.29, 1.82) is 0 Å². The van der Waals surface area contributed by atoms with E-state index >= 15 is 0 Å². The molecule has 3 aromatic carbocycles. The number of likely N-dealkylation sites (N-methyl/N-ethyl adjacent to an activating group) is 1. The van der Waals surface area contributed by atoms with Gasteiger partial charge >= 0.3 is 0 Å². The molecule has 3 amide bonds. The zero-order valence-electron chi connectivity index (χ0n) is 28.5. The van der Waals surface area contributed by atoms with Crippen molar-refractivity contribution in [3.8, 4) is 0 Å². The van der Waals surface area contributed by atoms with Crippen molar-refractivity contribution >= 4 is 75.3 Å². The summed E-state index contributed by atoms with van der Waals surface area (Å²) in [6.45, 7) is 3.82. The van der Waals surface area contributed by atoms with Crippen molar-refractivity contribution in [2.75, 3.05) is 84.1 Å². The molecule has 54 heavy (non-hydrogen) atoms. The van der Waals surface area contributed by atoms with E-state index in [0.717, 1.165) is 41.3 Å². The Balaban J connectivity index is 0.000000181. The van der Waals surface area contributed by atoms with Gasteiger partial charge in [-0.25, -0.2) is 34.8 Å². The Kier molecular flexibility index (Phi) is 15.5. The Labute approximate surface area is 332 Å². The van der Waals surface area contributed by atoms with Crippen LogP contribution >= 0.6 is 47.8 Å². The quantitative estimate of drug-likeness (QED) is 0.301. The second kappa shape index (κ2) is 19.2. The number of morpholine rings is 1. The Bertz CT molecular complexity index is 1920. The number of rotatable bonds is 3. The summed E-state index contributed by atoms with van der Waals surface area (Å²) in [5, 5.41) is 0. The van der Waals surface area contributed by atoms with Crippen LogP contribution in [0.15, 0.2) is 49.8 Å². The lowest BCUT2D eigenvalue weighted by Crippen LogP contribution is -2.47. The maximum atomic E-state index is 13.7. The molecule has 0 saturated carbocycles. The first-order chi connectivity index (χ1) is 25.4. The molecule has 0 spiro atoms. The molecular weight excluding hydrogens is 946 g/mol. The molecule has 3 fully saturated rings. The van der Waals surface area contributed by atoms with Crippen molar-refractivity contribution in [1.82, 2.24) is 19.6 Å². The molecule has 0 N–H and O–H groups in total. The van der Waals surface area contributed by atoms with Crippen LogP contribution in [0.2, 0.25) is 0 Å². The molecule has 0 aliphatic carbocycles. The van der Waals surface area contributed by atoms with Crippen LogP contribution in [-0.4, -0.2) is 130 Å².